The second kappa shape index (κ2) is 23.9. The molecule has 2 amide bonds. The molecule has 17 heteroatoms. The van der Waals surface area contributed by atoms with Crippen LogP contribution in [-0.4, -0.2) is 89.1 Å². The van der Waals surface area contributed by atoms with E-state index in [0.29, 0.717) is 46.9 Å². The summed E-state index contributed by atoms with van der Waals surface area (Å²) in [6.07, 6.45) is 3.65. The number of ketones is 4. The Hall–Kier alpha value is -4.53. The Morgan fingerprint density at radius 3 is 1.44 bits per heavy atom. The monoisotopic (exact) mass is 882 g/mol. The van der Waals surface area contributed by atoms with Crippen LogP contribution in [0.3, 0.4) is 0 Å². The van der Waals surface area contributed by atoms with Gasteiger partial charge in [-0.15, -0.1) is 0 Å². The van der Waals surface area contributed by atoms with Crippen LogP contribution in [0.25, 0.3) is 0 Å². The standard InChI is InChI=1S/C21H26ClNO6.C15H17Cl2NO3.C6H10O3/c1-14(12-15(2)24)19(26)28-13-29-20(27)23(3)21(11-7-6-10-18(21)25)16-8-4-5-9-17(16)22;1-18(14(20)21-10-16)15(9-5-4-8-13(15)19)11-6-2-3-7-12(11)17;1-4(6(8)9)3-5(2)7/h4-5,8-9,14H,6-7,10-13H2,1-3H3;2-3,6-7H,4-5,8-10H2,1H3;4H,3H2,1-2H3,(H,8,9)/t14-,21-;15-;4-/m111/s1. The van der Waals surface area contributed by atoms with Crippen LogP contribution in [0.1, 0.15) is 103 Å². The number of esters is 1. The zero-order valence-electron chi connectivity index (χ0n) is 34.2. The van der Waals surface area contributed by atoms with Gasteiger partial charge in [0, 0.05) is 61.0 Å². The van der Waals surface area contributed by atoms with Crippen molar-refractivity contribution in [3.8, 4) is 0 Å². The molecule has 0 aromatic heterocycles. The number of halogens is 3. The van der Waals surface area contributed by atoms with E-state index in [0.717, 1.165) is 25.7 Å². The molecule has 0 heterocycles. The normalized spacial score (nSPS) is 19.5. The molecule has 0 unspecified atom stereocenters. The van der Waals surface area contributed by atoms with Gasteiger partial charge in [-0.25, -0.2) is 9.59 Å². The number of Topliss-reactive ketones (excluding diaryl/α,β-unsaturated/α-hetero) is 4. The van der Waals surface area contributed by atoms with Crippen molar-refractivity contribution in [2.75, 3.05) is 27.0 Å². The Morgan fingerprint density at radius 1 is 0.678 bits per heavy atom. The molecule has 4 rings (SSSR count). The quantitative estimate of drug-likeness (QED) is 0.115. The van der Waals surface area contributed by atoms with Gasteiger partial charge >= 0.3 is 24.1 Å². The summed E-state index contributed by atoms with van der Waals surface area (Å²) in [6.45, 7) is 5.25. The fraction of sp³-hybridized carbons (Fsp3) is 0.524. The molecule has 0 spiro atoms. The van der Waals surface area contributed by atoms with Gasteiger partial charge in [-0.2, -0.15) is 0 Å². The number of carbonyl (C=O) groups excluding carboxylic acids is 7. The molecule has 2 fully saturated rings. The van der Waals surface area contributed by atoms with Crippen LogP contribution in [-0.2, 0) is 54.1 Å². The van der Waals surface area contributed by atoms with Crippen LogP contribution >= 0.6 is 34.8 Å². The molecule has 0 radical (unpaired) electrons. The average molecular weight is 884 g/mol. The lowest BCUT2D eigenvalue weighted by atomic mass is 9.74. The maximum Gasteiger partial charge on any atom is 0.413 e. The van der Waals surface area contributed by atoms with Crippen molar-refractivity contribution in [1.29, 1.82) is 0 Å². The number of rotatable bonds is 13. The Labute approximate surface area is 359 Å². The van der Waals surface area contributed by atoms with Crippen molar-refractivity contribution < 1.29 is 57.7 Å². The maximum atomic E-state index is 13.0. The summed E-state index contributed by atoms with van der Waals surface area (Å²) >= 11 is 18.1. The minimum Gasteiger partial charge on any atom is -0.481 e. The van der Waals surface area contributed by atoms with Crippen LogP contribution in [0.5, 0.6) is 0 Å². The highest BCUT2D eigenvalue weighted by atomic mass is 35.5. The van der Waals surface area contributed by atoms with Crippen molar-refractivity contribution in [3.05, 3.63) is 69.7 Å². The molecular formula is C42H53Cl3N2O12. The second-order valence-electron chi connectivity index (χ2n) is 14.5. The Morgan fingerprint density at radius 2 is 1.08 bits per heavy atom. The maximum absolute atomic E-state index is 13.0. The number of benzene rings is 2. The summed E-state index contributed by atoms with van der Waals surface area (Å²) in [7, 11) is 3.04. The van der Waals surface area contributed by atoms with E-state index >= 15 is 0 Å². The number of carboxylic acids is 1. The number of carboxylic acid groups (broad SMARTS) is 1. The number of hydrogen-bond acceptors (Lipinski definition) is 11. The summed E-state index contributed by atoms with van der Waals surface area (Å²) in [6, 6.07) is 13.8. The number of nitrogens with zero attached hydrogens (tertiary/aromatic N) is 2. The molecule has 2 saturated carbocycles. The van der Waals surface area contributed by atoms with Crippen molar-refractivity contribution in [1.82, 2.24) is 9.80 Å². The van der Waals surface area contributed by atoms with E-state index in [-0.39, 0.29) is 42.0 Å². The molecule has 0 saturated heterocycles. The third-order valence-electron chi connectivity index (χ3n) is 10.2. The summed E-state index contributed by atoms with van der Waals surface area (Å²) in [5.74, 6) is -3.05. The van der Waals surface area contributed by atoms with Gasteiger partial charge in [0.2, 0.25) is 6.79 Å². The third-order valence-corrected chi connectivity index (χ3v) is 11.0. The Balaban J connectivity index is 0.000000348. The van der Waals surface area contributed by atoms with Gasteiger partial charge in [0.15, 0.2) is 17.6 Å². The molecule has 324 valence electrons. The summed E-state index contributed by atoms with van der Waals surface area (Å²) in [5.41, 5.74) is -1.09. The first-order chi connectivity index (χ1) is 27.8. The van der Waals surface area contributed by atoms with Crippen LogP contribution in [0.4, 0.5) is 9.59 Å². The van der Waals surface area contributed by atoms with Crippen molar-refractivity contribution in [3.63, 3.8) is 0 Å². The minimum absolute atomic E-state index is 0.0177. The molecule has 2 aromatic rings. The van der Waals surface area contributed by atoms with Gasteiger partial charge in [-0.05, 0) is 64.5 Å². The van der Waals surface area contributed by atoms with Gasteiger partial charge < -0.3 is 28.9 Å². The predicted molar refractivity (Wildman–Crippen MR) is 220 cm³/mol. The highest BCUT2D eigenvalue weighted by molar-refractivity contribution is 6.32. The lowest BCUT2D eigenvalue weighted by Gasteiger charge is -2.43. The Bertz CT molecular complexity index is 1840. The molecular weight excluding hydrogens is 831 g/mol. The number of likely N-dealkylation sites (N-methyl/N-ethyl adjacent to an activating group) is 2. The first-order valence-electron chi connectivity index (χ1n) is 19.1. The number of ether oxygens (including phenoxy) is 3. The predicted octanol–water partition coefficient (Wildman–Crippen LogP) is 8.49. The molecule has 59 heavy (non-hydrogen) atoms. The van der Waals surface area contributed by atoms with E-state index in [1.165, 1.54) is 37.6 Å². The molecule has 14 nitrogen and oxygen atoms in total. The topological polar surface area (TPSA) is 191 Å². The number of alkyl halides is 1. The van der Waals surface area contributed by atoms with Gasteiger partial charge in [-0.1, -0.05) is 85.0 Å². The van der Waals surface area contributed by atoms with Crippen LogP contribution in [0.15, 0.2) is 48.5 Å². The van der Waals surface area contributed by atoms with Gasteiger partial charge in [-0.3, -0.25) is 29.0 Å². The largest absolute Gasteiger partial charge is 0.481 e. The Kier molecular flexibility index (Phi) is 20.5. The van der Waals surface area contributed by atoms with Crippen LogP contribution < -0.4 is 0 Å². The van der Waals surface area contributed by atoms with Crippen molar-refractivity contribution in [2.45, 2.75) is 103 Å². The van der Waals surface area contributed by atoms with E-state index in [2.05, 4.69) is 0 Å². The number of amides is 2. The van der Waals surface area contributed by atoms with Crippen molar-refractivity contribution >= 4 is 82.1 Å². The molecule has 4 atom stereocenters. The SMILES string of the molecule is CC(=O)C[C@@H](C)C(=O)O.CC(=O)C[C@@H](C)C(=O)OCOC(=O)N(C)[C@@]1(c2ccccc2Cl)CCCCC1=O.CN(C(=O)OCCl)[C@@]1(c2ccccc2Cl)CCCCC1=O. The zero-order chi connectivity index (χ0) is 44.5. The first kappa shape index (κ1) is 50.6. The minimum atomic E-state index is -1.22. The number of hydrogen-bond donors (Lipinski definition) is 1. The summed E-state index contributed by atoms with van der Waals surface area (Å²) < 4.78 is 14.9. The molecule has 2 aromatic carbocycles. The van der Waals surface area contributed by atoms with Crippen LogP contribution in [0, 0.1) is 11.8 Å². The molecule has 0 aliphatic heterocycles. The molecule has 2 aliphatic rings. The average Bonchev–Trinajstić information content (AvgIpc) is 3.18. The van der Waals surface area contributed by atoms with E-state index in [4.69, 9.17) is 54.1 Å². The van der Waals surface area contributed by atoms with E-state index in [9.17, 15) is 38.4 Å². The molecule has 2 aliphatic carbocycles. The van der Waals surface area contributed by atoms with Gasteiger partial charge in [0.1, 0.15) is 22.6 Å². The molecule has 0 bridgehead atoms. The fourth-order valence-electron chi connectivity index (χ4n) is 7.12. The third kappa shape index (κ3) is 13.5. The van der Waals surface area contributed by atoms with Gasteiger partial charge in [0.25, 0.3) is 0 Å². The lowest BCUT2D eigenvalue weighted by Crippen LogP contribution is -2.54. The number of aliphatic carboxylic acids is 1. The van der Waals surface area contributed by atoms with E-state index in [1.54, 1.807) is 56.4 Å². The molecule has 1 N–H and O–H groups in total. The number of carbonyl (C=O) groups is 8. The van der Waals surface area contributed by atoms with E-state index in [1.807, 2.05) is 6.07 Å². The smallest absolute Gasteiger partial charge is 0.413 e. The second-order valence-corrected chi connectivity index (χ2v) is 15.6. The highest BCUT2D eigenvalue weighted by Gasteiger charge is 2.50. The zero-order valence-corrected chi connectivity index (χ0v) is 36.5. The van der Waals surface area contributed by atoms with Gasteiger partial charge in [0.05, 0.1) is 11.8 Å². The summed E-state index contributed by atoms with van der Waals surface area (Å²) in [4.78, 5) is 96.3. The highest BCUT2D eigenvalue weighted by Crippen LogP contribution is 2.43. The van der Waals surface area contributed by atoms with E-state index < -0.39 is 53.8 Å². The lowest BCUT2D eigenvalue weighted by molar-refractivity contribution is -0.158. The fourth-order valence-corrected chi connectivity index (χ4v) is 7.80. The first-order valence-corrected chi connectivity index (χ1v) is 20.4. The van der Waals surface area contributed by atoms with Crippen molar-refractivity contribution in [2.24, 2.45) is 11.8 Å². The van der Waals surface area contributed by atoms with Crippen LogP contribution in [0.2, 0.25) is 10.0 Å². The summed E-state index contributed by atoms with van der Waals surface area (Å²) in [5, 5.41) is 9.14.